The first kappa shape index (κ1) is 30.4. The van der Waals surface area contributed by atoms with Gasteiger partial charge in [-0.2, -0.15) is 0 Å². The number of aliphatic hydroxyl groups excluding tert-OH is 1. The summed E-state index contributed by atoms with van der Waals surface area (Å²) >= 11 is 0. The summed E-state index contributed by atoms with van der Waals surface area (Å²) in [6, 6.07) is 0. The summed E-state index contributed by atoms with van der Waals surface area (Å²) in [5, 5.41) is 11.2. The fourth-order valence-electron chi connectivity index (χ4n) is 5.36. The molecule has 7 rings (SSSR count). The van der Waals surface area contributed by atoms with Crippen LogP contribution in [0.25, 0.3) is 22.3 Å². The van der Waals surface area contributed by atoms with Crippen molar-refractivity contribution < 1.29 is 56.2 Å². The number of nitrogens with two attached hydrogens (primary N) is 2. The lowest BCUT2D eigenvalue weighted by atomic mass is 10.1. The molecule has 21 nitrogen and oxygen atoms in total. The van der Waals surface area contributed by atoms with Crippen molar-refractivity contribution in [2.24, 2.45) is 0 Å². The molecule has 0 radical (unpaired) electrons. The van der Waals surface area contributed by atoms with Crippen molar-refractivity contribution in [3.05, 3.63) is 25.3 Å². The number of hydrogen-bond acceptors (Lipinski definition) is 17. The van der Waals surface area contributed by atoms with Gasteiger partial charge in [-0.15, -0.1) is 0 Å². The molecule has 0 aliphatic carbocycles. The van der Waals surface area contributed by atoms with Crippen LogP contribution in [0.15, 0.2) is 25.3 Å². The Bertz CT molecular complexity index is 1850. The molecule has 4 aromatic rings. The van der Waals surface area contributed by atoms with Gasteiger partial charge in [0, 0.05) is 0 Å². The van der Waals surface area contributed by atoms with E-state index in [1.807, 2.05) is 0 Å². The minimum Gasteiger partial charge on any atom is -0.386 e. The van der Waals surface area contributed by atoms with Crippen LogP contribution in [0, 0.1) is 0 Å². The largest absolute Gasteiger partial charge is 0.472 e. The summed E-state index contributed by atoms with van der Waals surface area (Å²) in [5.74, 6) is 0.0751. The zero-order valence-corrected chi connectivity index (χ0v) is 24.5. The minimum atomic E-state index is -5.06. The van der Waals surface area contributed by atoms with Crippen LogP contribution in [-0.2, 0) is 36.9 Å². The van der Waals surface area contributed by atoms with Gasteiger partial charge in [-0.3, -0.25) is 27.3 Å². The molecule has 24 heteroatoms. The van der Waals surface area contributed by atoms with Gasteiger partial charge in [0.05, 0.1) is 25.9 Å². The van der Waals surface area contributed by atoms with Gasteiger partial charge < -0.3 is 40.6 Å². The number of aliphatic hydroxyl groups is 1. The molecule has 3 aliphatic heterocycles. The van der Waals surface area contributed by atoms with E-state index in [2.05, 4.69) is 29.9 Å². The van der Waals surface area contributed by atoms with Gasteiger partial charge in [-0.05, 0) is 0 Å². The highest BCUT2D eigenvalue weighted by atomic mass is 31.2. The molecule has 45 heavy (non-hydrogen) atoms. The standard InChI is InChI=1S/C21H25FN10O11P2/c22-10-14-9(40-20(10)31-5-29-11-16(23)25-3-27-18(11)31)2-39-45(36,37)43-15-8(1-38-7-44(34,35)42-14)41-21(13(15)33)32-6-30-12-17(24)26-4-28-19(12)32/h3-6,8-10,13-15,20-21,33H,1-2,7H2,(H,34,35)(H,36,37)(H2,23,25,27)(H2,24,26,28)/t8-,9-,10?,13?,14+,15+,20-,21-/m1/s1. The Kier molecular flexibility index (Phi) is 7.57. The first-order valence-electron chi connectivity index (χ1n) is 13.2. The summed E-state index contributed by atoms with van der Waals surface area (Å²) in [6.45, 7) is -1.38. The molecule has 10 atom stereocenters. The molecule has 3 aliphatic rings. The maximum Gasteiger partial charge on any atom is 0.472 e. The van der Waals surface area contributed by atoms with E-state index in [-0.39, 0.29) is 34.0 Å². The van der Waals surface area contributed by atoms with Crippen molar-refractivity contribution in [1.82, 2.24) is 39.0 Å². The predicted molar refractivity (Wildman–Crippen MR) is 144 cm³/mol. The highest BCUT2D eigenvalue weighted by molar-refractivity contribution is 7.52. The maximum atomic E-state index is 15.9. The van der Waals surface area contributed by atoms with E-state index in [9.17, 15) is 24.0 Å². The number of fused-ring (bicyclic) bond motifs is 4. The Morgan fingerprint density at radius 3 is 2.04 bits per heavy atom. The third-order valence-corrected chi connectivity index (χ3v) is 9.45. The molecule has 7 N–H and O–H groups in total. The summed E-state index contributed by atoms with van der Waals surface area (Å²) < 4.78 is 77.2. The second kappa shape index (κ2) is 11.2. The predicted octanol–water partition coefficient (Wildman–Crippen LogP) is -0.615. The quantitative estimate of drug-likeness (QED) is 0.166. The van der Waals surface area contributed by atoms with E-state index in [1.54, 1.807) is 0 Å². The van der Waals surface area contributed by atoms with Crippen LogP contribution >= 0.6 is 15.4 Å². The topological polar surface area (TPSA) is 289 Å². The van der Waals surface area contributed by atoms with Crippen molar-refractivity contribution in [3.63, 3.8) is 0 Å². The van der Waals surface area contributed by atoms with Crippen molar-refractivity contribution in [2.45, 2.75) is 49.1 Å². The van der Waals surface area contributed by atoms with Crippen LogP contribution in [-0.4, -0.2) is 110 Å². The number of hydrogen-bond donors (Lipinski definition) is 5. The third kappa shape index (κ3) is 5.47. The summed E-state index contributed by atoms with van der Waals surface area (Å²) in [5.41, 5.74) is 12.3. The van der Waals surface area contributed by atoms with E-state index in [0.29, 0.717) is 0 Å². The molecule has 3 fully saturated rings. The molecule has 0 spiro atoms. The number of nitrogens with zero attached hydrogens (tertiary/aromatic N) is 8. The molecular weight excluding hydrogens is 649 g/mol. The monoisotopic (exact) mass is 674 g/mol. The molecule has 0 saturated carbocycles. The Labute approximate surface area is 250 Å². The first-order valence-corrected chi connectivity index (χ1v) is 16.4. The lowest BCUT2D eigenvalue weighted by Crippen LogP contribution is -2.36. The number of anilines is 2. The van der Waals surface area contributed by atoms with Gasteiger partial charge in [0.1, 0.15) is 60.6 Å². The number of phosphoric acid groups is 1. The van der Waals surface area contributed by atoms with Crippen molar-refractivity contribution in [3.8, 4) is 0 Å². The Morgan fingerprint density at radius 2 is 1.40 bits per heavy atom. The number of nitrogen functional groups attached to an aromatic ring is 2. The van der Waals surface area contributed by atoms with E-state index in [0.717, 1.165) is 6.33 Å². The average Bonchev–Trinajstić information content (AvgIpc) is 3.74. The second-order valence-corrected chi connectivity index (χ2v) is 13.4. The van der Waals surface area contributed by atoms with Crippen LogP contribution in [0.3, 0.4) is 0 Å². The fraction of sp³-hybridized carbons (Fsp3) is 0.524. The average molecular weight is 674 g/mol. The molecule has 0 amide bonds. The van der Waals surface area contributed by atoms with Crippen LogP contribution < -0.4 is 11.5 Å². The zero-order valence-electron chi connectivity index (χ0n) is 22.7. The fourth-order valence-corrected chi connectivity index (χ4v) is 7.35. The van der Waals surface area contributed by atoms with E-state index in [1.165, 1.54) is 28.1 Å². The van der Waals surface area contributed by atoms with E-state index < -0.39 is 84.1 Å². The highest BCUT2D eigenvalue weighted by Crippen LogP contribution is 2.52. The van der Waals surface area contributed by atoms with Gasteiger partial charge in [-0.25, -0.2) is 38.9 Å². The number of alkyl halides is 1. The highest BCUT2D eigenvalue weighted by Gasteiger charge is 2.53. The smallest absolute Gasteiger partial charge is 0.386 e. The molecule has 242 valence electrons. The maximum absolute atomic E-state index is 15.9. The Morgan fingerprint density at radius 1 is 0.822 bits per heavy atom. The van der Waals surface area contributed by atoms with E-state index in [4.69, 9.17) is 39.2 Å². The molecule has 7 heterocycles. The number of aromatic nitrogens is 8. The van der Waals surface area contributed by atoms with Crippen LogP contribution in [0.4, 0.5) is 16.0 Å². The number of imidazole rings is 2. The lowest BCUT2D eigenvalue weighted by Gasteiger charge is -2.24. The van der Waals surface area contributed by atoms with Crippen molar-refractivity contribution in [1.29, 1.82) is 0 Å². The van der Waals surface area contributed by atoms with Gasteiger partial charge >= 0.3 is 15.4 Å². The van der Waals surface area contributed by atoms with E-state index >= 15 is 4.39 Å². The molecule has 4 aromatic heterocycles. The normalized spacial score (nSPS) is 38.0. The zero-order chi connectivity index (χ0) is 31.7. The number of ether oxygens (including phenoxy) is 3. The number of phosphoric ester groups is 1. The van der Waals surface area contributed by atoms with Gasteiger partial charge in [0.15, 0.2) is 41.6 Å². The summed E-state index contributed by atoms with van der Waals surface area (Å²) in [4.78, 5) is 45.2. The molecule has 0 bridgehead atoms. The van der Waals surface area contributed by atoms with Crippen LogP contribution in [0.5, 0.6) is 0 Å². The van der Waals surface area contributed by atoms with Gasteiger partial charge in [0.25, 0.3) is 0 Å². The second-order valence-electron chi connectivity index (χ2n) is 10.3. The molecular formula is C21H25FN10O11P2. The lowest BCUT2D eigenvalue weighted by molar-refractivity contribution is -0.0620. The van der Waals surface area contributed by atoms with Crippen molar-refractivity contribution >= 4 is 49.4 Å². The van der Waals surface area contributed by atoms with Crippen molar-refractivity contribution in [2.75, 3.05) is 31.0 Å². The number of rotatable bonds is 2. The molecule has 3 saturated heterocycles. The molecule has 4 unspecified atom stereocenters. The van der Waals surface area contributed by atoms with Gasteiger partial charge in [-0.1, -0.05) is 0 Å². The Hall–Kier alpha value is -3.27. The Balaban J connectivity index is 1.16. The van der Waals surface area contributed by atoms with Crippen LogP contribution in [0.2, 0.25) is 0 Å². The summed E-state index contributed by atoms with van der Waals surface area (Å²) in [6.07, 6.45) is -8.99. The SMILES string of the molecule is Nc1ncnc2c1ncn2[C@@H]1O[C@@H]2COCP(=O)(O)O[C@@H]3C(F)[C@H](n4cnc5c(N)ncnc54)O[C@@H]3COP(=O)(O)O[C@@H]2C1O. The van der Waals surface area contributed by atoms with Gasteiger partial charge in [0.2, 0.25) is 0 Å². The minimum absolute atomic E-state index is 0.0157. The third-order valence-electron chi connectivity index (χ3n) is 7.38. The van der Waals surface area contributed by atoms with Crippen LogP contribution in [0.1, 0.15) is 12.5 Å². The number of halogens is 1. The summed E-state index contributed by atoms with van der Waals surface area (Å²) in [7, 11) is -9.77. The first-order chi connectivity index (χ1) is 21.4. The molecule has 0 aromatic carbocycles.